The number of amides is 2. The fraction of sp³-hybridized carbons (Fsp3) is 0.450. The van der Waals surface area contributed by atoms with Gasteiger partial charge in [0.1, 0.15) is 0 Å². The number of nitrogens with zero attached hydrogens (tertiary/aromatic N) is 5. The van der Waals surface area contributed by atoms with Crippen molar-refractivity contribution in [1.82, 2.24) is 24.9 Å². The molecule has 27 heavy (non-hydrogen) atoms. The Labute approximate surface area is 160 Å². The topological polar surface area (TPSA) is 77.2 Å². The van der Waals surface area contributed by atoms with E-state index in [2.05, 4.69) is 28.3 Å². The van der Waals surface area contributed by atoms with Gasteiger partial charge in [0.25, 0.3) is 0 Å². The predicted octanol–water partition coefficient (Wildman–Crippen LogP) is 1.92. The minimum absolute atomic E-state index is 0.0142. The second kappa shape index (κ2) is 9.19. The summed E-state index contributed by atoms with van der Waals surface area (Å²) < 4.78 is 1.89. The highest BCUT2D eigenvalue weighted by Crippen LogP contribution is 2.10. The van der Waals surface area contributed by atoms with Crippen LogP contribution in [0.5, 0.6) is 0 Å². The summed E-state index contributed by atoms with van der Waals surface area (Å²) in [4.78, 5) is 16.6. The van der Waals surface area contributed by atoms with Gasteiger partial charge in [-0.15, -0.1) is 0 Å². The first-order valence-corrected chi connectivity index (χ1v) is 9.35. The predicted molar refractivity (Wildman–Crippen MR) is 103 cm³/mol. The number of aromatic nitrogens is 2. The Balaban J connectivity index is 1.37. The molecule has 7 nitrogen and oxygen atoms in total. The molecule has 2 aromatic rings. The number of nitrogens with one attached hydrogen (secondary N) is 1. The molecular weight excluding hydrogens is 340 g/mol. The number of rotatable bonds is 6. The summed E-state index contributed by atoms with van der Waals surface area (Å²) >= 11 is 0. The first kappa shape index (κ1) is 18.9. The van der Waals surface area contributed by atoms with Gasteiger partial charge in [0.15, 0.2) is 0 Å². The standard InChI is InChI=1S/C20H26N6O/c1-17(15-26-8-2-7-23-26)14-22-20(27)25-11-9-24(10-12-25)16-19-5-3-18(13-21)4-6-19/h2-8,17H,9-12,14-16H2,1H3,(H,22,27). The molecule has 7 heteroatoms. The molecular formula is C20H26N6O. The van der Waals surface area contributed by atoms with Crippen LogP contribution in [0.4, 0.5) is 4.79 Å². The highest BCUT2D eigenvalue weighted by Gasteiger charge is 2.21. The Morgan fingerprint density at radius 2 is 2.00 bits per heavy atom. The third kappa shape index (κ3) is 5.56. The molecule has 1 fully saturated rings. The van der Waals surface area contributed by atoms with Gasteiger partial charge in [0, 0.05) is 58.2 Å². The summed E-state index contributed by atoms with van der Waals surface area (Å²) in [6, 6.07) is 11.8. The van der Waals surface area contributed by atoms with Crippen molar-refractivity contribution in [3.8, 4) is 6.07 Å². The van der Waals surface area contributed by atoms with Crippen molar-refractivity contribution in [2.45, 2.75) is 20.0 Å². The van der Waals surface area contributed by atoms with Crippen molar-refractivity contribution >= 4 is 6.03 Å². The molecule has 1 saturated heterocycles. The molecule has 1 aromatic carbocycles. The van der Waals surface area contributed by atoms with Crippen LogP contribution in [-0.2, 0) is 13.1 Å². The van der Waals surface area contributed by atoms with E-state index in [4.69, 9.17) is 5.26 Å². The van der Waals surface area contributed by atoms with Crippen molar-refractivity contribution < 1.29 is 4.79 Å². The molecule has 142 valence electrons. The third-order valence-corrected chi connectivity index (χ3v) is 4.81. The van der Waals surface area contributed by atoms with Crippen molar-refractivity contribution in [2.75, 3.05) is 32.7 Å². The molecule has 1 atom stereocenters. The smallest absolute Gasteiger partial charge is 0.317 e. The van der Waals surface area contributed by atoms with Gasteiger partial charge in [-0.25, -0.2) is 4.79 Å². The molecule has 0 spiro atoms. The Kier molecular flexibility index (Phi) is 6.44. The summed E-state index contributed by atoms with van der Waals surface area (Å²) in [6.45, 7) is 7.58. The minimum Gasteiger partial charge on any atom is -0.338 e. The summed E-state index contributed by atoms with van der Waals surface area (Å²) in [5, 5.41) is 16.1. The van der Waals surface area contributed by atoms with Crippen LogP contribution in [0.1, 0.15) is 18.1 Å². The zero-order valence-electron chi connectivity index (χ0n) is 15.7. The van der Waals surface area contributed by atoms with E-state index < -0.39 is 0 Å². The molecule has 1 aromatic heterocycles. The van der Waals surface area contributed by atoms with E-state index >= 15 is 0 Å². The number of nitriles is 1. The SMILES string of the molecule is CC(CNC(=O)N1CCN(Cc2ccc(C#N)cc2)CC1)Cn1cccn1. The second-order valence-electron chi connectivity index (χ2n) is 7.09. The van der Waals surface area contributed by atoms with Crippen LogP contribution in [0.2, 0.25) is 0 Å². The van der Waals surface area contributed by atoms with Gasteiger partial charge >= 0.3 is 6.03 Å². The maximum Gasteiger partial charge on any atom is 0.317 e. The summed E-state index contributed by atoms with van der Waals surface area (Å²) in [6.07, 6.45) is 3.70. The van der Waals surface area contributed by atoms with Gasteiger partial charge in [-0.3, -0.25) is 9.58 Å². The number of carbonyl (C=O) groups is 1. The largest absolute Gasteiger partial charge is 0.338 e. The number of piperazine rings is 1. The van der Waals surface area contributed by atoms with E-state index in [-0.39, 0.29) is 6.03 Å². The van der Waals surface area contributed by atoms with Crippen LogP contribution in [0.3, 0.4) is 0 Å². The monoisotopic (exact) mass is 366 g/mol. The van der Waals surface area contributed by atoms with Gasteiger partial charge in [-0.1, -0.05) is 19.1 Å². The number of carbonyl (C=O) groups excluding carboxylic acids is 1. The Hall–Kier alpha value is -2.85. The molecule has 3 rings (SSSR count). The molecule has 2 heterocycles. The number of urea groups is 1. The molecule has 0 saturated carbocycles. The van der Waals surface area contributed by atoms with Crippen molar-refractivity contribution in [1.29, 1.82) is 5.26 Å². The molecule has 1 N–H and O–H groups in total. The average molecular weight is 366 g/mol. The zero-order chi connectivity index (χ0) is 19.1. The molecule has 1 aliphatic rings. The van der Waals surface area contributed by atoms with Gasteiger partial charge in [-0.2, -0.15) is 10.4 Å². The van der Waals surface area contributed by atoms with Crippen molar-refractivity contribution in [3.63, 3.8) is 0 Å². The molecule has 0 radical (unpaired) electrons. The highest BCUT2D eigenvalue weighted by molar-refractivity contribution is 5.74. The normalized spacial score (nSPS) is 15.9. The zero-order valence-corrected chi connectivity index (χ0v) is 15.7. The number of benzene rings is 1. The van der Waals surface area contributed by atoms with Crippen LogP contribution in [0.15, 0.2) is 42.7 Å². The Bertz CT molecular complexity index is 757. The maximum atomic E-state index is 12.4. The van der Waals surface area contributed by atoms with E-state index in [9.17, 15) is 4.79 Å². The summed E-state index contributed by atoms with van der Waals surface area (Å²) in [5.41, 5.74) is 1.88. The van der Waals surface area contributed by atoms with Crippen LogP contribution in [0.25, 0.3) is 0 Å². The van der Waals surface area contributed by atoms with Gasteiger partial charge < -0.3 is 10.2 Å². The first-order chi connectivity index (χ1) is 13.1. The lowest BCUT2D eigenvalue weighted by Gasteiger charge is -2.35. The summed E-state index contributed by atoms with van der Waals surface area (Å²) in [7, 11) is 0. The van der Waals surface area contributed by atoms with E-state index in [1.807, 2.05) is 46.1 Å². The van der Waals surface area contributed by atoms with Crippen molar-refractivity contribution in [3.05, 3.63) is 53.9 Å². The molecule has 0 bridgehead atoms. The quantitative estimate of drug-likeness (QED) is 0.847. The Morgan fingerprint density at radius 3 is 2.63 bits per heavy atom. The molecule has 0 aliphatic carbocycles. The number of hydrogen-bond acceptors (Lipinski definition) is 4. The summed E-state index contributed by atoms with van der Waals surface area (Å²) in [5.74, 6) is 0.325. The highest BCUT2D eigenvalue weighted by atomic mass is 16.2. The third-order valence-electron chi connectivity index (χ3n) is 4.81. The molecule has 1 unspecified atom stereocenters. The second-order valence-corrected chi connectivity index (χ2v) is 7.09. The molecule has 1 aliphatic heterocycles. The van der Waals surface area contributed by atoms with Crippen LogP contribution in [0, 0.1) is 17.2 Å². The van der Waals surface area contributed by atoms with E-state index in [0.29, 0.717) is 18.0 Å². The average Bonchev–Trinajstić information content (AvgIpc) is 3.20. The number of hydrogen-bond donors (Lipinski definition) is 1. The molecule has 2 amide bonds. The lowest BCUT2D eigenvalue weighted by molar-refractivity contribution is 0.134. The van der Waals surface area contributed by atoms with Gasteiger partial charge in [0.05, 0.1) is 11.6 Å². The van der Waals surface area contributed by atoms with Crippen LogP contribution >= 0.6 is 0 Å². The van der Waals surface area contributed by atoms with E-state index in [1.165, 1.54) is 5.56 Å². The van der Waals surface area contributed by atoms with E-state index in [1.54, 1.807) is 6.20 Å². The Morgan fingerprint density at radius 1 is 1.26 bits per heavy atom. The first-order valence-electron chi connectivity index (χ1n) is 9.35. The minimum atomic E-state index is 0.0142. The van der Waals surface area contributed by atoms with Crippen LogP contribution in [-0.4, -0.2) is 58.3 Å². The fourth-order valence-electron chi connectivity index (χ4n) is 3.22. The maximum absolute atomic E-state index is 12.4. The van der Waals surface area contributed by atoms with E-state index in [0.717, 1.165) is 39.3 Å². The lowest BCUT2D eigenvalue weighted by atomic mass is 10.1. The van der Waals surface area contributed by atoms with Gasteiger partial charge in [0.2, 0.25) is 0 Å². The van der Waals surface area contributed by atoms with Gasteiger partial charge in [-0.05, 0) is 29.7 Å². The van der Waals surface area contributed by atoms with Crippen molar-refractivity contribution in [2.24, 2.45) is 5.92 Å². The van der Waals surface area contributed by atoms with Crippen LogP contribution < -0.4 is 5.32 Å². The lowest BCUT2D eigenvalue weighted by Crippen LogP contribution is -2.52. The fourth-order valence-corrected chi connectivity index (χ4v) is 3.22.